The summed E-state index contributed by atoms with van der Waals surface area (Å²) in [6.07, 6.45) is 6.80. The summed E-state index contributed by atoms with van der Waals surface area (Å²) in [5, 5.41) is 16.8. The number of thiophene rings is 2. The van der Waals surface area contributed by atoms with Crippen molar-refractivity contribution in [1.29, 1.82) is 0 Å². The Balaban J connectivity index is 0.000000281. The van der Waals surface area contributed by atoms with Crippen molar-refractivity contribution in [3.63, 3.8) is 0 Å². The Morgan fingerprint density at radius 2 is 1.17 bits per heavy atom. The number of carbonyl (C=O) groups excluding carboxylic acids is 2. The van der Waals surface area contributed by atoms with Gasteiger partial charge in [0.1, 0.15) is 0 Å². The first-order valence-corrected chi connectivity index (χ1v) is 14.8. The molecule has 0 atom stereocenters. The van der Waals surface area contributed by atoms with Crippen LogP contribution in [0.4, 0.5) is 21.4 Å². The first-order valence-electron chi connectivity index (χ1n) is 13.2. The van der Waals surface area contributed by atoms with Gasteiger partial charge in [0.15, 0.2) is 0 Å². The zero-order valence-electron chi connectivity index (χ0n) is 23.4. The molecule has 2 aromatic heterocycles. The number of hydrogen-bond acceptors (Lipinski definition) is 7. The van der Waals surface area contributed by atoms with Gasteiger partial charge in [-0.05, 0) is 79.3 Å². The second-order valence-electron chi connectivity index (χ2n) is 9.11. The minimum atomic E-state index is -0.496. The normalized spacial score (nSPS) is 10.1. The summed E-state index contributed by atoms with van der Waals surface area (Å²) in [4.78, 5) is 35.0. The summed E-state index contributed by atoms with van der Waals surface area (Å²) >= 11 is 2.17. The SMILES string of the molecule is CCCCc1ccc(NC(=O)c2ccc(N)s2)cc1.CCCCc1ccc(NC(=O)c2ccc([N+](=O)[O-])s2)cc1.[SnH2]. The van der Waals surface area contributed by atoms with E-state index in [1.807, 2.05) is 36.4 Å². The molecule has 0 fully saturated rings. The number of aryl methyl sites for hydroxylation is 2. The van der Waals surface area contributed by atoms with Gasteiger partial charge < -0.3 is 16.4 Å². The number of nitro groups is 1. The molecule has 2 radical (unpaired) electrons. The van der Waals surface area contributed by atoms with Crippen LogP contribution in [0.1, 0.15) is 70.0 Å². The number of anilines is 3. The Kier molecular flexibility index (Phi) is 14.6. The standard InChI is InChI=1S/C15H16N2O3S.C15H18N2OS.Sn.2H/c1-2-3-4-11-5-7-12(8-6-11)16-15(18)13-9-10-14(21-13)17(19)20;1-2-3-4-11-5-7-12(8-6-11)17-15(18)13-9-10-14(16)19-13;;;/h5-10H,2-4H2,1H3,(H,16,18);5-10H,2-4,16H2,1H3,(H,17,18);;;. The maximum absolute atomic E-state index is 12.0. The third-order valence-corrected chi connectivity index (χ3v) is 7.86. The molecule has 8 nitrogen and oxygen atoms in total. The van der Waals surface area contributed by atoms with Crippen LogP contribution in [-0.2, 0) is 12.8 Å². The van der Waals surface area contributed by atoms with Gasteiger partial charge in [-0.1, -0.05) is 62.3 Å². The predicted octanol–water partition coefficient (Wildman–Crippen LogP) is 7.26. The molecule has 0 aliphatic rings. The van der Waals surface area contributed by atoms with E-state index in [4.69, 9.17) is 5.73 Å². The summed E-state index contributed by atoms with van der Waals surface area (Å²) in [7, 11) is 0. The van der Waals surface area contributed by atoms with Crippen LogP contribution in [0, 0.1) is 10.1 Å². The van der Waals surface area contributed by atoms with E-state index in [0.717, 1.165) is 42.7 Å². The molecule has 0 unspecified atom stereocenters. The Morgan fingerprint density at radius 1 is 0.732 bits per heavy atom. The van der Waals surface area contributed by atoms with Crippen LogP contribution < -0.4 is 16.4 Å². The molecule has 41 heavy (non-hydrogen) atoms. The first-order chi connectivity index (χ1) is 19.3. The molecule has 4 aromatic rings. The Hall–Kier alpha value is -3.22. The monoisotopic (exact) mass is 700 g/mol. The fraction of sp³-hybridized carbons (Fsp3) is 0.267. The van der Waals surface area contributed by atoms with Crippen LogP contribution in [0.15, 0.2) is 72.8 Å². The fourth-order valence-electron chi connectivity index (χ4n) is 3.68. The maximum atomic E-state index is 12.0. The third kappa shape index (κ3) is 11.3. The number of benzene rings is 2. The molecule has 2 heterocycles. The summed E-state index contributed by atoms with van der Waals surface area (Å²) < 4.78 is 0. The number of nitrogens with one attached hydrogen (secondary N) is 2. The van der Waals surface area contributed by atoms with E-state index in [0.29, 0.717) is 20.4 Å². The van der Waals surface area contributed by atoms with Crippen LogP contribution in [0.25, 0.3) is 0 Å². The van der Waals surface area contributed by atoms with E-state index in [1.165, 1.54) is 47.4 Å². The number of carbonyl (C=O) groups is 2. The quantitative estimate of drug-likeness (QED) is 0.0863. The Bertz CT molecular complexity index is 1400. The molecular weight excluding hydrogens is 663 g/mol. The van der Waals surface area contributed by atoms with Crippen LogP contribution >= 0.6 is 22.7 Å². The van der Waals surface area contributed by atoms with Crippen molar-refractivity contribution >= 4 is 79.8 Å². The molecule has 4 N–H and O–H groups in total. The summed E-state index contributed by atoms with van der Waals surface area (Å²) in [6, 6.07) is 22.0. The van der Waals surface area contributed by atoms with E-state index in [1.54, 1.807) is 12.1 Å². The molecule has 4 rings (SSSR count). The first kappa shape index (κ1) is 34.0. The molecular formula is C30H36N4O4S2Sn. The van der Waals surface area contributed by atoms with Crippen molar-refractivity contribution in [3.05, 3.63) is 104 Å². The van der Waals surface area contributed by atoms with E-state index in [9.17, 15) is 19.7 Å². The number of hydrogen-bond donors (Lipinski definition) is 3. The molecule has 0 aliphatic carbocycles. The summed E-state index contributed by atoms with van der Waals surface area (Å²) in [5.74, 6) is -0.433. The van der Waals surface area contributed by atoms with Crippen LogP contribution in [0.3, 0.4) is 0 Å². The molecule has 2 aromatic carbocycles. The number of amides is 2. The molecule has 0 aliphatic heterocycles. The number of nitrogens with two attached hydrogens (primary N) is 1. The van der Waals surface area contributed by atoms with Gasteiger partial charge in [-0.3, -0.25) is 19.7 Å². The van der Waals surface area contributed by atoms with Crippen LogP contribution in [-0.4, -0.2) is 40.6 Å². The van der Waals surface area contributed by atoms with E-state index < -0.39 is 4.92 Å². The zero-order chi connectivity index (χ0) is 28.9. The van der Waals surface area contributed by atoms with Crippen molar-refractivity contribution in [1.82, 2.24) is 0 Å². The van der Waals surface area contributed by atoms with Crippen molar-refractivity contribution in [2.45, 2.75) is 52.4 Å². The molecule has 0 bridgehead atoms. The average molecular weight is 699 g/mol. The second kappa shape index (κ2) is 17.6. The number of nitrogens with zero attached hydrogens (tertiary/aromatic N) is 1. The van der Waals surface area contributed by atoms with Crippen molar-refractivity contribution in [2.24, 2.45) is 0 Å². The third-order valence-electron chi connectivity index (χ3n) is 5.91. The van der Waals surface area contributed by atoms with E-state index in [-0.39, 0.29) is 40.7 Å². The Morgan fingerprint density at radius 3 is 1.54 bits per heavy atom. The van der Waals surface area contributed by atoms with Gasteiger partial charge in [0, 0.05) is 17.4 Å². The van der Waals surface area contributed by atoms with Crippen LogP contribution in [0.2, 0.25) is 0 Å². The van der Waals surface area contributed by atoms with Gasteiger partial charge in [-0.25, -0.2) is 0 Å². The summed E-state index contributed by atoms with van der Waals surface area (Å²) in [5.41, 5.74) is 9.67. The minimum absolute atomic E-state index is 0. The molecule has 0 saturated heterocycles. The topological polar surface area (TPSA) is 127 Å². The molecule has 0 saturated carbocycles. The van der Waals surface area contributed by atoms with Crippen molar-refractivity contribution < 1.29 is 14.5 Å². The van der Waals surface area contributed by atoms with Gasteiger partial charge in [-0.15, -0.1) is 11.3 Å². The molecule has 2 amide bonds. The van der Waals surface area contributed by atoms with Gasteiger partial charge in [-0.2, -0.15) is 0 Å². The van der Waals surface area contributed by atoms with Gasteiger partial charge in [0.25, 0.3) is 11.8 Å². The Labute approximate surface area is 265 Å². The van der Waals surface area contributed by atoms with Gasteiger partial charge >= 0.3 is 28.9 Å². The van der Waals surface area contributed by atoms with Crippen molar-refractivity contribution in [3.8, 4) is 0 Å². The average Bonchev–Trinajstić information content (AvgIpc) is 3.63. The number of rotatable bonds is 11. The van der Waals surface area contributed by atoms with Crippen molar-refractivity contribution in [2.75, 3.05) is 16.4 Å². The van der Waals surface area contributed by atoms with Gasteiger partial charge in [0.05, 0.1) is 19.7 Å². The van der Waals surface area contributed by atoms with Crippen LogP contribution in [0.5, 0.6) is 0 Å². The van der Waals surface area contributed by atoms with Gasteiger partial charge in [0.2, 0.25) is 0 Å². The molecule has 11 heteroatoms. The molecule has 216 valence electrons. The summed E-state index contributed by atoms with van der Waals surface area (Å²) in [6.45, 7) is 4.33. The predicted molar refractivity (Wildman–Crippen MR) is 174 cm³/mol. The number of unbranched alkanes of at least 4 members (excludes halogenated alkanes) is 2. The van der Waals surface area contributed by atoms with E-state index >= 15 is 0 Å². The molecule has 0 spiro atoms. The fourth-order valence-corrected chi connectivity index (χ4v) is 5.06. The van der Waals surface area contributed by atoms with E-state index in [2.05, 4.69) is 36.6 Å². The second-order valence-corrected chi connectivity index (χ2v) is 11.3. The number of nitrogen functional groups attached to an aromatic ring is 1. The zero-order valence-corrected chi connectivity index (χ0v) is 29.0.